The number of nitrogens with zero attached hydrogens (tertiary/aromatic N) is 1. The summed E-state index contributed by atoms with van der Waals surface area (Å²) in [4.78, 5) is 33.5. The van der Waals surface area contributed by atoms with Crippen LogP contribution in [0.25, 0.3) is 0 Å². The van der Waals surface area contributed by atoms with E-state index in [1.54, 1.807) is 13.0 Å². The fourth-order valence-corrected chi connectivity index (χ4v) is 2.42. The molecule has 0 spiro atoms. The van der Waals surface area contributed by atoms with Crippen LogP contribution in [0.15, 0.2) is 36.4 Å². The van der Waals surface area contributed by atoms with Crippen LogP contribution < -0.4 is 10.6 Å². The number of benzene rings is 2. The number of aryl methyl sites for hydroxylation is 1. The second kappa shape index (κ2) is 7.89. The number of hydrogen-bond donors (Lipinski definition) is 3. The number of nitrogens with one attached hydrogen (secondary N) is 2. The molecule has 0 bridgehead atoms. The van der Waals surface area contributed by atoms with Gasteiger partial charge in [0, 0.05) is 17.8 Å². The van der Waals surface area contributed by atoms with Gasteiger partial charge in [-0.1, -0.05) is 17.7 Å². The van der Waals surface area contributed by atoms with Crippen LogP contribution in [0, 0.1) is 17.0 Å². The number of carbonyl (C=O) groups excluding carboxylic acids is 1. The lowest BCUT2D eigenvalue weighted by Crippen LogP contribution is -2.34. The Labute approximate surface area is 157 Å². The average molecular weight is 394 g/mol. The van der Waals surface area contributed by atoms with Crippen LogP contribution in [-0.2, 0) is 0 Å². The van der Waals surface area contributed by atoms with Gasteiger partial charge in [0.15, 0.2) is 5.11 Å². The molecule has 0 aliphatic heterocycles. The number of carboxylic acid groups (broad SMARTS) is 1. The SMILES string of the molecule is Cc1ccc(C(=O)O)cc1NC(=S)NC(=O)c1cc([N+](=O)[O-])ccc1Cl. The van der Waals surface area contributed by atoms with Crippen LogP contribution in [0.1, 0.15) is 26.3 Å². The fraction of sp³-hybridized carbons (Fsp3) is 0.0625. The van der Waals surface area contributed by atoms with Gasteiger partial charge in [-0.05, 0) is 42.9 Å². The lowest BCUT2D eigenvalue weighted by Gasteiger charge is -2.13. The van der Waals surface area contributed by atoms with Gasteiger partial charge in [-0.15, -0.1) is 0 Å². The van der Waals surface area contributed by atoms with E-state index in [1.807, 2.05) is 0 Å². The van der Waals surface area contributed by atoms with E-state index < -0.39 is 16.8 Å². The molecule has 0 fully saturated rings. The van der Waals surface area contributed by atoms with Gasteiger partial charge < -0.3 is 10.4 Å². The first-order chi connectivity index (χ1) is 12.2. The molecule has 2 rings (SSSR count). The molecule has 3 N–H and O–H groups in total. The zero-order valence-electron chi connectivity index (χ0n) is 13.3. The molecule has 1 amide bonds. The van der Waals surface area contributed by atoms with Crippen molar-refractivity contribution in [2.24, 2.45) is 0 Å². The number of nitro benzene ring substituents is 1. The van der Waals surface area contributed by atoms with E-state index in [-0.39, 0.29) is 26.9 Å². The third-order valence-electron chi connectivity index (χ3n) is 3.37. The second-order valence-electron chi connectivity index (χ2n) is 5.16. The van der Waals surface area contributed by atoms with Crippen molar-refractivity contribution in [1.82, 2.24) is 5.32 Å². The Morgan fingerprint density at radius 2 is 1.92 bits per heavy atom. The molecule has 0 aromatic heterocycles. The Morgan fingerprint density at radius 3 is 2.54 bits per heavy atom. The van der Waals surface area contributed by atoms with Gasteiger partial charge in [0.05, 0.1) is 21.1 Å². The maximum atomic E-state index is 12.3. The minimum atomic E-state index is -1.11. The standard InChI is InChI=1S/C16H12ClN3O5S/c1-8-2-3-9(15(22)23)6-13(8)18-16(26)19-14(21)11-7-10(20(24)25)4-5-12(11)17/h2-7H,1H3,(H,22,23)(H2,18,19,21,26). The Hall–Kier alpha value is -3.04. The van der Waals surface area contributed by atoms with Crippen molar-refractivity contribution in [3.05, 3.63) is 68.2 Å². The zero-order chi connectivity index (χ0) is 19.4. The molecular weight excluding hydrogens is 382 g/mol. The van der Waals surface area contributed by atoms with E-state index in [0.717, 1.165) is 6.07 Å². The second-order valence-corrected chi connectivity index (χ2v) is 5.98. The molecule has 0 aliphatic carbocycles. The summed E-state index contributed by atoms with van der Waals surface area (Å²) in [5.41, 5.74) is 0.763. The van der Waals surface area contributed by atoms with Crippen LogP contribution >= 0.6 is 23.8 Å². The Kier molecular flexibility index (Phi) is 5.86. The van der Waals surface area contributed by atoms with Crippen molar-refractivity contribution in [1.29, 1.82) is 0 Å². The largest absolute Gasteiger partial charge is 0.478 e. The number of carbonyl (C=O) groups is 2. The van der Waals surface area contributed by atoms with Gasteiger partial charge in [0.25, 0.3) is 11.6 Å². The predicted molar refractivity (Wildman–Crippen MR) is 99.9 cm³/mol. The first-order valence-electron chi connectivity index (χ1n) is 7.09. The Morgan fingerprint density at radius 1 is 1.23 bits per heavy atom. The molecule has 26 heavy (non-hydrogen) atoms. The molecule has 0 unspecified atom stereocenters. The topological polar surface area (TPSA) is 122 Å². The van der Waals surface area contributed by atoms with Crippen molar-refractivity contribution in [3.63, 3.8) is 0 Å². The summed E-state index contributed by atoms with van der Waals surface area (Å²) in [6.45, 7) is 1.73. The third-order valence-corrected chi connectivity index (χ3v) is 3.90. The number of halogens is 1. The highest BCUT2D eigenvalue weighted by Gasteiger charge is 2.17. The van der Waals surface area contributed by atoms with E-state index in [9.17, 15) is 19.7 Å². The van der Waals surface area contributed by atoms with Gasteiger partial charge in [0.2, 0.25) is 0 Å². The summed E-state index contributed by atoms with van der Waals surface area (Å²) in [5, 5.41) is 24.8. The number of thiocarbonyl (C=S) groups is 1. The summed E-state index contributed by atoms with van der Waals surface area (Å²) in [6, 6.07) is 7.86. The highest BCUT2D eigenvalue weighted by Crippen LogP contribution is 2.22. The first-order valence-corrected chi connectivity index (χ1v) is 7.88. The maximum Gasteiger partial charge on any atom is 0.335 e. The van der Waals surface area contributed by atoms with Crippen molar-refractivity contribution < 1.29 is 19.6 Å². The molecule has 2 aromatic rings. The maximum absolute atomic E-state index is 12.3. The van der Waals surface area contributed by atoms with Gasteiger partial charge in [-0.3, -0.25) is 20.2 Å². The molecule has 0 radical (unpaired) electrons. The number of rotatable bonds is 4. The summed E-state index contributed by atoms with van der Waals surface area (Å²) < 4.78 is 0. The number of nitro groups is 1. The average Bonchev–Trinajstić information content (AvgIpc) is 2.56. The fourth-order valence-electron chi connectivity index (χ4n) is 2.01. The minimum absolute atomic E-state index is 0.0277. The predicted octanol–water partition coefficient (Wildman–Crippen LogP) is 3.38. The van der Waals surface area contributed by atoms with E-state index in [4.69, 9.17) is 28.9 Å². The quantitative estimate of drug-likeness (QED) is 0.413. The van der Waals surface area contributed by atoms with Gasteiger partial charge in [0.1, 0.15) is 0 Å². The normalized spacial score (nSPS) is 10.1. The Balaban J connectivity index is 2.17. The van der Waals surface area contributed by atoms with Crippen molar-refractivity contribution in [3.8, 4) is 0 Å². The molecule has 0 atom stereocenters. The number of carboxylic acids is 1. The van der Waals surface area contributed by atoms with E-state index in [2.05, 4.69) is 10.6 Å². The highest BCUT2D eigenvalue weighted by atomic mass is 35.5. The molecular formula is C16H12ClN3O5S. The van der Waals surface area contributed by atoms with Crippen LogP contribution in [0.5, 0.6) is 0 Å². The summed E-state index contributed by atoms with van der Waals surface area (Å²) in [7, 11) is 0. The monoisotopic (exact) mass is 393 g/mol. The van der Waals surface area contributed by atoms with Gasteiger partial charge >= 0.3 is 5.97 Å². The van der Waals surface area contributed by atoms with Gasteiger partial charge in [-0.25, -0.2) is 4.79 Å². The molecule has 0 aliphatic rings. The number of non-ortho nitro benzene ring substituents is 1. The van der Waals surface area contributed by atoms with Crippen LogP contribution in [-0.4, -0.2) is 27.0 Å². The van der Waals surface area contributed by atoms with E-state index in [1.165, 1.54) is 24.3 Å². The van der Waals surface area contributed by atoms with E-state index in [0.29, 0.717) is 11.3 Å². The van der Waals surface area contributed by atoms with Crippen molar-refractivity contribution in [2.75, 3.05) is 5.32 Å². The Bertz CT molecular complexity index is 932. The number of hydrogen-bond acceptors (Lipinski definition) is 5. The third kappa shape index (κ3) is 4.52. The van der Waals surface area contributed by atoms with Crippen LogP contribution in [0.2, 0.25) is 5.02 Å². The summed E-state index contributed by atoms with van der Waals surface area (Å²) >= 11 is 10.9. The summed E-state index contributed by atoms with van der Waals surface area (Å²) in [5.74, 6) is -1.84. The van der Waals surface area contributed by atoms with Crippen LogP contribution in [0.3, 0.4) is 0 Å². The zero-order valence-corrected chi connectivity index (χ0v) is 14.9. The van der Waals surface area contributed by atoms with Gasteiger partial charge in [-0.2, -0.15) is 0 Å². The van der Waals surface area contributed by atoms with Crippen LogP contribution in [0.4, 0.5) is 11.4 Å². The minimum Gasteiger partial charge on any atom is -0.478 e. The molecule has 2 aromatic carbocycles. The number of anilines is 1. The smallest absolute Gasteiger partial charge is 0.335 e. The summed E-state index contributed by atoms with van der Waals surface area (Å²) in [6.07, 6.45) is 0. The number of amides is 1. The molecule has 0 saturated heterocycles. The molecule has 134 valence electrons. The van der Waals surface area contributed by atoms with Crippen molar-refractivity contribution >= 4 is 52.2 Å². The lowest BCUT2D eigenvalue weighted by atomic mass is 10.1. The highest BCUT2D eigenvalue weighted by molar-refractivity contribution is 7.80. The van der Waals surface area contributed by atoms with Crippen molar-refractivity contribution in [2.45, 2.75) is 6.92 Å². The molecule has 0 heterocycles. The molecule has 8 nitrogen and oxygen atoms in total. The van der Waals surface area contributed by atoms with E-state index >= 15 is 0 Å². The first kappa shape index (κ1) is 19.3. The molecule has 0 saturated carbocycles. The lowest BCUT2D eigenvalue weighted by molar-refractivity contribution is -0.384. The molecule has 10 heteroatoms. The number of aromatic carboxylic acids is 1.